The van der Waals surface area contributed by atoms with Gasteiger partial charge in [-0.15, -0.1) is 0 Å². The van der Waals surface area contributed by atoms with Crippen molar-refractivity contribution in [1.29, 1.82) is 0 Å². The standard InChI is InChI=1S/C20H38O5S/c1-4-5-6-13-16-19(25-26(3,22)23)17-14-11-9-7-8-10-12-15-18-20(21)24-2/h11,14,19H,4-10,12-13,15-18H2,1-3H3/b14-11-/t19-/m1/s1. The topological polar surface area (TPSA) is 69.7 Å². The maximum atomic E-state index is 11.4. The number of rotatable bonds is 17. The van der Waals surface area contributed by atoms with Crippen molar-refractivity contribution in [2.24, 2.45) is 0 Å². The zero-order valence-electron chi connectivity index (χ0n) is 16.9. The van der Waals surface area contributed by atoms with Crippen molar-refractivity contribution in [2.75, 3.05) is 13.4 Å². The first-order valence-corrected chi connectivity index (χ1v) is 11.8. The minimum atomic E-state index is -3.40. The molecular weight excluding hydrogens is 352 g/mol. The molecule has 6 heteroatoms. The van der Waals surface area contributed by atoms with Gasteiger partial charge in [-0.1, -0.05) is 64.0 Å². The number of ether oxygens (including phenoxy) is 1. The van der Waals surface area contributed by atoms with Crippen LogP contribution >= 0.6 is 0 Å². The molecule has 0 aliphatic heterocycles. The molecule has 0 aliphatic carbocycles. The largest absolute Gasteiger partial charge is 0.469 e. The van der Waals surface area contributed by atoms with E-state index in [1.54, 1.807) is 0 Å². The molecule has 0 aromatic heterocycles. The summed E-state index contributed by atoms with van der Waals surface area (Å²) in [4.78, 5) is 11.0. The number of esters is 1. The van der Waals surface area contributed by atoms with Crippen molar-refractivity contribution in [3.05, 3.63) is 12.2 Å². The molecule has 0 N–H and O–H groups in total. The highest BCUT2D eigenvalue weighted by atomic mass is 32.2. The summed E-state index contributed by atoms with van der Waals surface area (Å²) in [5.74, 6) is -0.131. The van der Waals surface area contributed by atoms with Crippen LogP contribution in [0.2, 0.25) is 0 Å². The van der Waals surface area contributed by atoms with Crippen LogP contribution in [-0.2, 0) is 23.8 Å². The van der Waals surface area contributed by atoms with Crippen molar-refractivity contribution < 1.29 is 22.1 Å². The molecule has 0 spiro atoms. The third-order valence-electron chi connectivity index (χ3n) is 4.24. The number of allylic oxidation sites excluding steroid dienone is 1. The fourth-order valence-corrected chi connectivity index (χ4v) is 3.45. The van der Waals surface area contributed by atoms with Gasteiger partial charge >= 0.3 is 5.97 Å². The first-order chi connectivity index (χ1) is 12.4. The highest BCUT2D eigenvalue weighted by Gasteiger charge is 2.13. The lowest BCUT2D eigenvalue weighted by Gasteiger charge is -2.14. The van der Waals surface area contributed by atoms with Crippen LogP contribution in [-0.4, -0.2) is 33.9 Å². The van der Waals surface area contributed by atoms with Gasteiger partial charge in [0.1, 0.15) is 0 Å². The molecule has 0 bridgehead atoms. The van der Waals surface area contributed by atoms with E-state index in [0.29, 0.717) is 12.8 Å². The van der Waals surface area contributed by atoms with Gasteiger partial charge in [-0.05, 0) is 32.1 Å². The van der Waals surface area contributed by atoms with E-state index in [4.69, 9.17) is 4.18 Å². The minimum absolute atomic E-state index is 0.131. The fraction of sp³-hybridized carbons (Fsp3) is 0.850. The molecule has 0 amide bonds. The van der Waals surface area contributed by atoms with Crippen molar-refractivity contribution >= 4 is 16.1 Å². The summed E-state index contributed by atoms with van der Waals surface area (Å²) in [6.07, 6.45) is 17.8. The van der Waals surface area contributed by atoms with E-state index < -0.39 is 10.1 Å². The smallest absolute Gasteiger partial charge is 0.305 e. The average molecular weight is 391 g/mol. The maximum absolute atomic E-state index is 11.4. The first kappa shape index (κ1) is 25.1. The van der Waals surface area contributed by atoms with Gasteiger partial charge in [0.15, 0.2) is 0 Å². The summed E-state index contributed by atoms with van der Waals surface area (Å²) in [5.41, 5.74) is 0. The van der Waals surface area contributed by atoms with E-state index in [9.17, 15) is 13.2 Å². The molecule has 0 heterocycles. The molecule has 5 nitrogen and oxygen atoms in total. The Morgan fingerprint density at radius 2 is 1.62 bits per heavy atom. The van der Waals surface area contributed by atoms with E-state index >= 15 is 0 Å². The highest BCUT2D eigenvalue weighted by Crippen LogP contribution is 2.15. The zero-order chi connectivity index (χ0) is 19.7. The number of methoxy groups -OCH3 is 1. The van der Waals surface area contributed by atoms with Crippen LogP contribution in [0.25, 0.3) is 0 Å². The van der Waals surface area contributed by atoms with Gasteiger partial charge in [-0.25, -0.2) is 0 Å². The van der Waals surface area contributed by atoms with E-state index in [2.05, 4.69) is 17.7 Å². The van der Waals surface area contributed by atoms with E-state index in [-0.39, 0.29) is 12.1 Å². The van der Waals surface area contributed by atoms with Gasteiger partial charge < -0.3 is 4.74 Å². The number of hydrogen-bond donors (Lipinski definition) is 0. The van der Waals surface area contributed by atoms with Gasteiger partial charge in [0, 0.05) is 6.42 Å². The lowest BCUT2D eigenvalue weighted by molar-refractivity contribution is -0.140. The second kappa shape index (κ2) is 16.3. The Labute approximate surface area is 160 Å². The first-order valence-electron chi connectivity index (χ1n) is 9.99. The molecule has 0 unspecified atom stereocenters. The SMILES string of the molecule is CCCCCC[C@H](C/C=C\CCCCCCCC(=O)OC)OS(C)(=O)=O. The molecule has 0 rings (SSSR count). The monoisotopic (exact) mass is 390 g/mol. The molecule has 0 saturated heterocycles. The third-order valence-corrected chi connectivity index (χ3v) is 4.86. The molecular formula is C20H38O5S. The van der Waals surface area contributed by atoms with Crippen LogP contribution in [0.5, 0.6) is 0 Å². The van der Waals surface area contributed by atoms with Gasteiger partial charge in [0.25, 0.3) is 10.1 Å². The summed E-state index contributed by atoms with van der Waals surface area (Å²) in [6, 6.07) is 0. The number of hydrogen-bond acceptors (Lipinski definition) is 5. The number of unbranched alkanes of at least 4 members (excludes halogenated alkanes) is 8. The average Bonchev–Trinajstić information content (AvgIpc) is 2.58. The molecule has 0 aromatic rings. The minimum Gasteiger partial charge on any atom is -0.469 e. The van der Waals surface area contributed by atoms with Crippen molar-refractivity contribution in [3.8, 4) is 0 Å². The second-order valence-corrected chi connectivity index (χ2v) is 8.46. The van der Waals surface area contributed by atoms with Crippen LogP contribution in [0.1, 0.15) is 90.4 Å². The predicted molar refractivity (Wildman–Crippen MR) is 107 cm³/mol. The summed E-state index contributed by atoms with van der Waals surface area (Å²) < 4.78 is 32.6. The summed E-state index contributed by atoms with van der Waals surface area (Å²) in [6.45, 7) is 2.16. The molecule has 0 fully saturated rings. The predicted octanol–water partition coefficient (Wildman–Crippen LogP) is 5.15. The van der Waals surface area contributed by atoms with Crippen molar-refractivity contribution in [3.63, 3.8) is 0 Å². The Morgan fingerprint density at radius 1 is 0.962 bits per heavy atom. The van der Waals surface area contributed by atoms with E-state index in [1.165, 1.54) is 20.0 Å². The highest BCUT2D eigenvalue weighted by molar-refractivity contribution is 7.86. The van der Waals surface area contributed by atoms with Gasteiger partial charge in [-0.3, -0.25) is 8.98 Å². The summed E-state index contributed by atoms with van der Waals surface area (Å²) >= 11 is 0. The molecule has 1 atom stereocenters. The van der Waals surface area contributed by atoms with Crippen LogP contribution in [0.15, 0.2) is 12.2 Å². The van der Waals surface area contributed by atoms with Gasteiger partial charge in [0.2, 0.25) is 0 Å². The Kier molecular flexibility index (Phi) is 15.8. The summed E-state index contributed by atoms with van der Waals surface area (Å²) in [7, 11) is -1.98. The third kappa shape index (κ3) is 17.9. The fourth-order valence-electron chi connectivity index (χ4n) is 2.78. The molecule has 0 aliphatic rings. The quantitative estimate of drug-likeness (QED) is 0.149. The molecule has 154 valence electrons. The molecule has 0 radical (unpaired) electrons. The summed E-state index contributed by atoms with van der Waals surface area (Å²) in [5, 5.41) is 0. The number of carbonyl (C=O) groups excluding carboxylic acids is 1. The van der Waals surface area contributed by atoms with Crippen LogP contribution in [0, 0.1) is 0 Å². The van der Waals surface area contributed by atoms with Crippen molar-refractivity contribution in [2.45, 2.75) is 96.5 Å². The van der Waals surface area contributed by atoms with Crippen LogP contribution < -0.4 is 0 Å². The molecule has 0 saturated carbocycles. The Bertz CT molecular complexity index is 471. The number of carbonyl (C=O) groups is 1. The maximum Gasteiger partial charge on any atom is 0.305 e. The zero-order valence-corrected chi connectivity index (χ0v) is 17.7. The molecule has 26 heavy (non-hydrogen) atoms. The van der Waals surface area contributed by atoms with E-state index in [1.807, 2.05) is 6.08 Å². The normalized spacial score (nSPS) is 13.2. The Morgan fingerprint density at radius 3 is 2.27 bits per heavy atom. The second-order valence-electron chi connectivity index (χ2n) is 6.86. The van der Waals surface area contributed by atoms with Gasteiger partial charge in [0.05, 0.1) is 19.5 Å². The lowest BCUT2D eigenvalue weighted by atomic mass is 10.1. The van der Waals surface area contributed by atoms with Crippen LogP contribution in [0.4, 0.5) is 0 Å². The lowest BCUT2D eigenvalue weighted by Crippen LogP contribution is -2.17. The van der Waals surface area contributed by atoms with Crippen molar-refractivity contribution in [1.82, 2.24) is 0 Å². The van der Waals surface area contributed by atoms with Gasteiger partial charge in [-0.2, -0.15) is 8.42 Å². The Balaban J connectivity index is 3.84. The van der Waals surface area contributed by atoms with Crippen LogP contribution in [0.3, 0.4) is 0 Å². The molecule has 0 aromatic carbocycles. The Hall–Kier alpha value is -0.880. The van der Waals surface area contributed by atoms with E-state index in [0.717, 1.165) is 64.0 Å².